The zero-order valence-electron chi connectivity index (χ0n) is 20.2. The average Bonchev–Trinajstić information content (AvgIpc) is 2.80. The van der Waals surface area contributed by atoms with E-state index in [9.17, 15) is 32.1 Å². The van der Waals surface area contributed by atoms with Gasteiger partial charge in [-0.3, -0.25) is 24.0 Å². The van der Waals surface area contributed by atoms with Gasteiger partial charge in [-0.05, 0) is 49.1 Å². The van der Waals surface area contributed by atoms with Gasteiger partial charge in [-0.15, -0.1) is 0 Å². The number of thiol groups is 1. The summed E-state index contributed by atoms with van der Waals surface area (Å²) in [7, 11) is -3.97. The molecular weight excluding hydrogens is 556 g/mol. The molecule has 0 radical (unpaired) electrons. The van der Waals surface area contributed by atoms with E-state index in [4.69, 9.17) is 11.6 Å². The number of amidine groups is 1. The number of pyridine rings is 2. The van der Waals surface area contributed by atoms with Gasteiger partial charge in [-0.1, -0.05) is 11.6 Å². The molecule has 38 heavy (non-hydrogen) atoms. The van der Waals surface area contributed by atoms with Crippen LogP contribution in [-0.2, 0) is 15.7 Å². The Hall–Kier alpha value is -3.17. The first kappa shape index (κ1) is 27.9. The Balaban J connectivity index is 1.85. The number of nitrogens with zero attached hydrogens (tertiary/aromatic N) is 3. The first-order chi connectivity index (χ1) is 17.5. The predicted molar refractivity (Wildman–Crippen MR) is 132 cm³/mol. The van der Waals surface area contributed by atoms with Gasteiger partial charge >= 0.3 is 6.09 Å². The predicted octanol–water partition coefficient (Wildman–Crippen LogP) is 3.26. The maximum Gasteiger partial charge on any atom is 0.410 e. The van der Waals surface area contributed by atoms with Crippen molar-refractivity contribution in [1.82, 2.24) is 20.0 Å². The van der Waals surface area contributed by atoms with Gasteiger partial charge in [0, 0.05) is 6.42 Å². The van der Waals surface area contributed by atoms with Crippen molar-refractivity contribution < 1.29 is 36.5 Å². The Labute approximate surface area is 219 Å². The number of aliphatic imine (C=N–C) groups is 1. The Morgan fingerprint density at radius 3 is 2.53 bits per heavy atom. The quantitative estimate of drug-likeness (QED) is 0.279. The highest BCUT2D eigenvalue weighted by Crippen LogP contribution is 2.50. The molecule has 4 N–H and O–H groups in total. The van der Waals surface area contributed by atoms with E-state index in [0.717, 1.165) is 24.4 Å². The lowest BCUT2D eigenvalue weighted by Crippen LogP contribution is -2.73. The van der Waals surface area contributed by atoms with Crippen LogP contribution in [-0.4, -0.2) is 59.6 Å². The van der Waals surface area contributed by atoms with Crippen LogP contribution >= 0.6 is 11.6 Å². The number of halogens is 5. The third-order valence-corrected chi connectivity index (χ3v) is 11.1. The monoisotopic (exact) mass is 578 g/mol. The molecule has 4 heterocycles. The van der Waals surface area contributed by atoms with Crippen LogP contribution in [0.2, 0.25) is 5.02 Å². The highest BCUT2D eigenvalue weighted by Gasteiger charge is 2.62. The highest BCUT2D eigenvalue weighted by atomic mass is 35.5. The SMILES string of the molecule is CC1(C)C(NC(=O)O)=N[C@](C)(c2nc(NC(=O)c3ncc(F)cc3Cl)ccc2F)[C@H]2CC(F)(F)CN[SH]21=O. The molecule has 16 heteroatoms. The standard InChI is InChI=1S/C22H23ClF4N6O4S/c1-20(2)18(32-19(35)36)33-21(3,13-7-22(26,27)9-29-38(13,20)37)16-12(25)4-5-14(30-16)31-17(34)15-11(23)6-10(24)8-28-15/h4-6,8,13,38H,7,9H2,1-3H3,(H,29,37)(H,32,33)(H,35,36)(H,30,31,34)/t13-,21+/m1/s1. The molecule has 2 aliphatic heterocycles. The van der Waals surface area contributed by atoms with Gasteiger partial charge in [0.25, 0.3) is 11.8 Å². The van der Waals surface area contributed by atoms with E-state index in [0.29, 0.717) is 0 Å². The van der Waals surface area contributed by atoms with E-state index < -0.39 is 73.9 Å². The maximum atomic E-state index is 15.3. The van der Waals surface area contributed by atoms with Crippen molar-refractivity contribution in [2.45, 2.75) is 48.7 Å². The minimum absolute atomic E-state index is 0.270. The lowest BCUT2D eigenvalue weighted by molar-refractivity contribution is -0.0139. The van der Waals surface area contributed by atoms with Crippen molar-refractivity contribution in [3.05, 3.63) is 52.4 Å². The normalized spacial score (nSPS) is 25.9. The van der Waals surface area contributed by atoms with Crippen molar-refractivity contribution >= 4 is 45.4 Å². The van der Waals surface area contributed by atoms with Gasteiger partial charge in [0.2, 0.25) is 0 Å². The van der Waals surface area contributed by atoms with Crippen LogP contribution < -0.4 is 15.4 Å². The van der Waals surface area contributed by atoms with E-state index in [1.807, 2.05) is 0 Å². The lowest BCUT2D eigenvalue weighted by Gasteiger charge is -2.57. The second-order valence-corrected chi connectivity index (χ2v) is 13.4. The maximum absolute atomic E-state index is 15.3. The van der Waals surface area contributed by atoms with Gasteiger partial charge < -0.3 is 10.4 Å². The van der Waals surface area contributed by atoms with Gasteiger partial charge in [0.1, 0.15) is 40.2 Å². The summed E-state index contributed by atoms with van der Waals surface area (Å²) < 4.78 is 73.0. The average molecular weight is 579 g/mol. The number of aromatic nitrogens is 2. The van der Waals surface area contributed by atoms with E-state index in [-0.39, 0.29) is 22.4 Å². The van der Waals surface area contributed by atoms with E-state index in [1.54, 1.807) is 0 Å². The molecule has 0 spiro atoms. The Bertz CT molecular complexity index is 1420. The summed E-state index contributed by atoms with van der Waals surface area (Å²) in [5.74, 6) is -6.68. The summed E-state index contributed by atoms with van der Waals surface area (Å²) in [6.07, 6.45) is -1.74. The molecule has 2 aliphatic rings. The van der Waals surface area contributed by atoms with Crippen LogP contribution in [0.25, 0.3) is 0 Å². The largest absolute Gasteiger partial charge is 0.465 e. The van der Waals surface area contributed by atoms with Crippen molar-refractivity contribution in [2.24, 2.45) is 4.99 Å². The van der Waals surface area contributed by atoms with Crippen LogP contribution in [0, 0.1) is 11.6 Å². The second-order valence-electron chi connectivity index (χ2n) is 9.63. The van der Waals surface area contributed by atoms with E-state index >= 15 is 4.39 Å². The molecule has 2 atom stereocenters. The van der Waals surface area contributed by atoms with Gasteiger partial charge in [0.05, 0.1) is 27.8 Å². The molecule has 206 valence electrons. The highest BCUT2D eigenvalue weighted by molar-refractivity contribution is 8.04. The van der Waals surface area contributed by atoms with Crippen LogP contribution in [0.15, 0.2) is 29.4 Å². The van der Waals surface area contributed by atoms with Gasteiger partial charge in [-0.2, -0.15) is 0 Å². The molecule has 1 saturated heterocycles. The third-order valence-electron chi connectivity index (χ3n) is 6.72. The minimum atomic E-state index is -3.97. The fraction of sp³-hybridized carbons (Fsp3) is 0.409. The number of fused-ring (bicyclic) bond motifs is 1. The molecule has 1 fully saturated rings. The van der Waals surface area contributed by atoms with Crippen LogP contribution in [0.5, 0.6) is 0 Å². The number of nitrogens with one attached hydrogen (secondary N) is 3. The third kappa shape index (κ3) is 4.62. The molecule has 2 amide bonds. The van der Waals surface area contributed by atoms with Crippen molar-refractivity contribution in [3.8, 4) is 0 Å². The van der Waals surface area contributed by atoms with Crippen molar-refractivity contribution in [1.29, 1.82) is 0 Å². The molecule has 0 bridgehead atoms. The zero-order chi connectivity index (χ0) is 28.3. The number of rotatable bonds is 3. The lowest BCUT2D eigenvalue weighted by atomic mass is 9.88. The number of carbonyl (C=O) groups excluding carboxylic acids is 1. The Morgan fingerprint density at radius 2 is 1.89 bits per heavy atom. The summed E-state index contributed by atoms with van der Waals surface area (Å²) in [5, 5.41) is 11.9. The number of alkyl halides is 2. The van der Waals surface area contributed by atoms with Crippen molar-refractivity contribution in [3.63, 3.8) is 0 Å². The molecule has 0 unspecified atom stereocenters. The molecule has 2 aromatic rings. The fourth-order valence-corrected chi connectivity index (χ4v) is 8.62. The molecule has 0 aliphatic carbocycles. The summed E-state index contributed by atoms with van der Waals surface area (Å²) >= 11 is 5.87. The second kappa shape index (κ2) is 9.24. The number of carboxylic acid groups (broad SMARTS) is 1. The summed E-state index contributed by atoms with van der Waals surface area (Å²) in [6.45, 7) is 3.08. The van der Waals surface area contributed by atoms with Crippen LogP contribution in [0.1, 0.15) is 43.4 Å². The summed E-state index contributed by atoms with van der Waals surface area (Å²) in [4.78, 5) is 36.2. The molecule has 10 nitrogen and oxygen atoms in total. The van der Waals surface area contributed by atoms with Crippen LogP contribution in [0.3, 0.4) is 0 Å². The Morgan fingerprint density at radius 1 is 1.21 bits per heavy atom. The number of amides is 2. The topological polar surface area (TPSA) is 146 Å². The molecule has 2 aromatic heterocycles. The van der Waals surface area contributed by atoms with Crippen LogP contribution in [0.4, 0.5) is 28.2 Å². The zero-order valence-corrected chi connectivity index (χ0v) is 21.8. The molecule has 4 rings (SSSR count). The van der Waals surface area contributed by atoms with E-state index in [1.165, 1.54) is 20.8 Å². The Kier molecular flexibility index (Phi) is 6.77. The first-order valence-corrected chi connectivity index (χ1v) is 13.3. The molecule has 0 aromatic carbocycles. The number of hydrogen-bond donors (Lipinski definition) is 5. The van der Waals surface area contributed by atoms with E-state index in [2.05, 4.69) is 30.3 Å². The fourth-order valence-electron chi connectivity index (χ4n) is 4.68. The van der Waals surface area contributed by atoms with Gasteiger partial charge in [-0.25, -0.2) is 32.3 Å². The van der Waals surface area contributed by atoms with Crippen molar-refractivity contribution in [2.75, 3.05) is 11.9 Å². The molecule has 0 saturated carbocycles. The summed E-state index contributed by atoms with van der Waals surface area (Å²) in [5.41, 5.74) is -2.98. The number of anilines is 1. The summed E-state index contributed by atoms with van der Waals surface area (Å²) in [6, 6.07) is 2.82. The van der Waals surface area contributed by atoms with Gasteiger partial charge in [0.15, 0.2) is 0 Å². The number of hydrogen-bond acceptors (Lipinski definition) is 6. The number of carbonyl (C=O) groups is 2. The first-order valence-electron chi connectivity index (χ1n) is 11.1. The molecular formula is C22H23ClF4N6O4S. The minimum Gasteiger partial charge on any atom is -0.465 e. The smallest absolute Gasteiger partial charge is 0.410 e.